The number of amides is 1. The van der Waals surface area contributed by atoms with Crippen LogP contribution in [0.3, 0.4) is 0 Å². The van der Waals surface area contributed by atoms with Gasteiger partial charge in [0.15, 0.2) is 11.5 Å². The van der Waals surface area contributed by atoms with Crippen molar-refractivity contribution in [1.82, 2.24) is 10.2 Å². The highest BCUT2D eigenvalue weighted by atomic mass is 35.5. The van der Waals surface area contributed by atoms with Gasteiger partial charge in [-0.15, -0.1) is 12.4 Å². The molecule has 1 amide bonds. The predicted octanol–water partition coefficient (Wildman–Crippen LogP) is 3.07. The Morgan fingerprint density at radius 3 is 2.39 bits per heavy atom. The molecule has 2 aromatic rings. The van der Waals surface area contributed by atoms with Crippen LogP contribution in [0, 0.1) is 0 Å². The minimum absolute atomic E-state index is 0. The lowest BCUT2D eigenvalue weighted by molar-refractivity contribution is -0.135. The summed E-state index contributed by atoms with van der Waals surface area (Å²) in [5.41, 5.74) is 1.02. The molecule has 6 nitrogen and oxygen atoms in total. The molecule has 7 heteroatoms. The van der Waals surface area contributed by atoms with Gasteiger partial charge in [-0.2, -0.15) is 0 Å². The van der Waals surface area contributed by atoms with E-state index in [2.05, 4.69) is 5.32 Å². The van der Waals surface area contributed by atoms with Crippen molar-refractivity contribution in [3.05, 3.63) is 54.1 Å². The summed E-state index contributed by atoms with van der Waals surface area (Å²) in [6.07, 6.45) is 0.309. The molecule has 1 aliphatic rings. The van der Waals surface area contributed by atoms with E-state index in [-0.39, 0.29) is 24.4 Å². The first-order valence-electron chi connectivity index (χ1n) is 9.13. The van der Waals surface area contributed by atoms with Gasteiger partial charge in [0.05, 0.1) is 33.3 Å². The molecule has 0 aromatic heterocycles. The molecule has 0 saturated carbocycles. The van der Waals surface area contributed by atoms with E-state index in [1.165, 1.54) is 0 Å². The number of hydrogen-bond acceptors (Lipinski definition) is 5. The fourth-order valence-electron chi connectivity index (χ4n) is 3.35. The molecule has 28 heavy (non-hydrogen) atoms. The maximum absolute atomic E-state index is 12.9. The van der Waals surface area contributed by atoms with Gasteiger partial charge < -0.3 is 24.4 Å². The number of nitrogens with one attached hydrogen (secondary N) is 1. The summed E-state index contributed by atoms with van der Waals surface area (Å²) in [4.78, 5) is 14.8. The van der Waals surface area contributed by atoms with Gasteiger partial charge in [0, 0.05) is 25.2 Å². The minimum atomic E-state index is -0.0475. The van der Waals surface area contributed by atoms with E-state index in [0.717, 1.165) is 17.9 Å². The number of hydrogen-bond donors (Lipinski definition) is 1. The second-order valence-corrected chi connectivity index (χ2v) is 6.30. The molecule has 1 unspecified atom stereocenters. The lowest BCUT2D eigenvalue weighted by Gasteiger charge is -2.37. The van der Waals surface area contributed by atoms with Crippen molar-refractivity contribution in [2.45, 2.75) is 12.5 Å². The van der Waals surface area contributed by atoms with Gasteiger partial charge in [-0.05, 0) is 18.2 Å². The predicted molar refractivity (Wildman–Crippen MR) is 111 cm³/mol. The number of methoxy groups -OCH3 is 2. The highest BCUT2D eigenvalue weighted by Gasteiger charge is 2.29. The molecule has 0 spiro atoms. The summed E-state index contributed by atoms with van der Waals surface area (Å²) in [6, 6.07) is 15.2. The Bertz CT molecular complexity index is 772. The molecule has 2 aromatic carbocycles. The van der Waals surface area contributed by atoms with Crippen molar-refractivity contribution < 1.29 is 19.0 Å². The Hall–Kier alpha value is -2.44. The largest absolute Gasteiger partial charge is 0.496 e. The lowest BCUT2D eigenvalue weighted by Crippen LogP contribution is -2.49. The molecule has 1 N–H and O–H groups in total. The zero-order chi connectivity index (χ0) is 19.1. The van der Waals surface area contributed by atoms with Gasteiger partial charge in [0.25, 0.3) is 0 Å². The van der Waals surface area contributed by atoms with Gasteiger partial charge in [-0.3, -0.25) is 4.79 Å². The van der Waals surface area contributed by atoms with Gasteiger partial charge in [-0.25, -0.2) is 0 Å². The van der Waals surface area contributed by atoms with Gasteiger partial charge in [0.2, 0.25) is 5.91 Å². The van der Waals surface area contributed by atoms with Gasteiger partial charge in [0.1, 0.15) is 5.75 Å². The van der Waals surface area contributed by atoms with Crippen LogP contribution in [0.1, 0.15) is 18.0 Å². The van der Waals surface area contributed by atoms with Crippen molar-refractivity contribution in [3.63, 3.8) is 0 Å². The fraction of sp³-hybridized carbons (Fsp3) is 0.381. The SMILES string of the molecule is COc1ccccc1OCCC(=O)N1CCNCC1c1ccccc1OC.Cl. The van der Waals surface area contributed by atoms with Crippen molar-refractivity contribution in [1.29, 1.82) is 0 Å². The average Bonchev–Trinajstić information content (AvgIpc) is 2.74. The Balaban J connectivity index is 0.00000280. The van der Waals surface area contributed by atoms with Crippen LogP contribution in [0.4, 0.5) is 0 Å². The number of nitrogens with zero attached hydrogens (tertiary/aromatic N) is 1. The number of para-hydroxylation sites is 3. The van der Waals surface area contributed by atoms with E-state index in [0.29, 0.717) is 37.6 Å². The fourth-order valence-corrected chi connectivity index (χ4v) is 3.35. The zero-order valence-corrected chi connectivity index (χ0v) is 17.0. The summed E-state index contributed by atoms with van der Waals surface area (Å²) in [6.45, 7) is 2.46. The van der Waals surface area contributed by atoms with Crippen LogP contribution < -0.4 is 19.5 Å². The number of carbonyl (C=O) groups excluding carboxylic acids is 1. The Kier molecular flexibility index (Phi) is 8.42. The van der Waals surface area contributed by atoms with Crippen LogP contribution in [0.2, 0.25) is 0 Å². The van der Waals surface area contributed by atoms with Crippen LogP contribution in [0.15, 0.2) is 48.5 Å². The number of halogens is 1. The van der Waals surface area contributed by atoms with E-state index < -0.39 is 0 Å². The smallest absolute Gasteiger partial charge is 0.226 e. The highest BCUT2D eigenvalue weighted by molar-refractivity contribution is 5.85. The summed E-state index contributed by atoms with van der Waals surface area (Å²) >= 11 is 0. The first-order valence-corrected chi connectivity index (χ1v) is 9.13. The maximum Gasteiger partial charge on any atom is 0.226 e. The number of benzene rings is 2. The molecular weight excluding hydrogens is 380 g/mol. The maximum atomic E-state index is 12.9. The van der Waals surface area contributed by atoms with Crippen LogP contribution in [-0.2, 0) is 4.79 Å². The van der Waals surface area contributed by atoms with Crippen molar-refractivity contribution in [2.75, 3.05) is 40.5 Å². The monoisotopic (exact) mass is 406 g/mol. The van der Waals surface area contributed by atoms with Crippen molar-refractivity contribution in [2.24, 2.45) is 0 Å². The molecule has 1 aliphatic heterocycles. The quantitative estimate of drug-likeness (QED) is 0.765. The molecule has 1 saturated heterocycles. The molecule has 1 fully saturated rings. The summed E-state index contributed by atoms with van der Waals surface area (Å²) in [5.74, 6) is 2.19. The molecule has 0 bridgehead atoms. The van der Waals surface area contributed by atoms with E-state index >= 15 is 0 Å². The molecule has 0 radical (unpaired) electrons. The van der Waals surface area contributed by atoms with E-state index in [1.807, 2.05) is 53.4 Å². The molecule has 152 valence electrons. The second-order valence-electron chi connectivity index (χ2n) is 6.30. The second kappa shape index (κ2) is 10.8. The molecule has 0 aliphatic carbocycles. The standard InChI is InChI=1S/C21H26N2O4.ClH/c1-25-18-8-4-3-7-16(18)17-15-22-12-13-23(17)21(24)11-14-27-20-10-6-5-9-19(20)26-2;/h3-10,17,22H,11-15H2,1-2H3;1H. The summed E-state index contributed by atoms with van der Waals surface area (Å²) in [7, 11) is 3.26. The summed E-state index contributed by atoms with van der Waals surface area (Å²) < 4.78 is 16.5. The number of carbonyl (C=O) groups is 1. The molecular formula is C21H27ClN2O4. The third-order valence-electron chi connectivity index (χ3n) is 4.70. The van der Waals surface area contributed by atoms with Crippen LogP contribution in [0.5, 0.6) is 17.2 Å². The topological polar surface area (TPSA) is 60.0 Å². The van der Waals surface area contributed by atoms with E-state index in [9.17, 15) is 4.79 Å². The molecule has 1 atom stereocenters. The van der Waals surface area contributed by atoms with E-state index in [1.54, 1.807) is 14.2 Å². The highest BCUT2D eigenvalue weighted by Crippen LogP contribution is 2.31. The van der Waals surface area contributed by atoms with Crippen molar-refractivity contribution in [3.8, 4) is 17.2 Å². The number of ether oxygens (including phenoxy) is 3. The number of piperazine rings is 1. The third-order valence-corrected chi connectivity index (χ3v) is 4.70. The lowest BCUT2D eigenvalue weighted by atomic mass is 10.0. The zero-order valence-electron chi connectivity index (χ0n) is 16.2. The van der Waals surface area contributed by atoms with Crippen LogP contribution in [0.25, 0.3) is 0 Å². The first kappa shape index (κ1) is 21.9. The minimum Gasteiger partial charge on any atom is -0.496 e. The third kappa shape index (κ3) is 5.09. The molecule has 1 heterocycles. The van der Waals surface area contributed by atoms with Crippen LogP contribution in [-0.4, -0.2) is 51.3 Å². The Morgan fingerprint density at radius 1 is 1.04 bits per heavy atom. The Labute approximate surface area is 172 Å². The number of rotatable bonds is 7. The first-order chi connectivity index (χ1) is 13.2. The van der Waals surface area contributed by atoms with E-state index in [4.69, 9.17) is 14.2 Å². The summed E-state index contributed by atoms with van der Waals surface area (Å²) in [5, 5.41) is 3.37. The average molecular weight is 407 g/mol. The normalized spacial score (nSPS) is 16.1. The van der Waals surface area contributed by atoms with Crippen LogP contribution >= 0.6 is 12.4 Å². The van der Waals surface area contributed by atoms with Crippen molar-refractivity contribution >= 4 is 18.3 Å². The Morgan fingerprint density at radius 2 is 1.68 bits per heavy atom. The van der Waals surface area contributed by atoms with Gasteiger partial charge >= 0.3 is 0 Å². The van der Waals surface area contributed by atoms with Gasteiger partial charge in [-0.1, -0.05) is 30.3 Å². The molecule has 3 rings (SSSR count).